The van der Waals surface area contributed by atoms with Crippen molar-refractivity contribution in [1.82, 2.24) is 24.5 Å². The predicted molar refractivity (Wildman–Crippen MR) is 152 cm³/mol. The summed E-state index contributed by atoms with van der Waals surface area (Å²) < 4.78 is 70.8. The summed E-state index contributed by atoms with van der Waals surface area (Å²) in [5.41, 5.74) is 0.343. The molecule has 1 aliphatic carbocycles. The van der Waals surface area contributed by atoms with Crippen LogP contribution in [-0.2, 0) is 24.3 Å². The second-order valence-corrected chi connectivity index (χ2v) is 11.1. The van der Waals surface area contributed by atoms with Crippen molar-refractivity contribution in [3.8, 4) is 17.3 Å². The van der Waals surface area contributed by atoms with E-state index in [0.717, 1.165) is 18.2 Å². The van der Waals surface area contributed by atoms with Crippen molar-refractivity contribution < 1.29 is 31.8 Å². The Balaban J connectivity index is 1.28. The highest BCUT2D eigenvalue weighted by Gasteiger charge is 2.44. The molecule has 13 heteroatoms. The first kappa shape index (κ1) is 29.5. The monoisotopic (exact) mass is 625 g/mol. The van der Waals surface area contributed by atoms with E-state index in [1.54, 1.807) is 10.6 Å². The zero-order valence-corrected chi connectivity index (χ0v) is 24.0. The Morgan fingerprint density at radius 1 is 0.977 bits per heavy atom. The van der Waals surface area contributed by atoms with Gasteiger partial charge in [0.25, 0.3) is 0 Å². The molecule has 8 nitrogen and oxygen atoms in total. The van der Waals surface area contributed by atoms with E-state index < -0.39 is 35.5 Å². The van der Waals surface area contributed by atoms with Crippen LogP contribution in [0.15, 0.2) is 54.7 Å². The lowest BCUT2D eigenvalue weighted by atomic mass is 10.0. The van der Waals surface area contributed by atoms with E-state index in [1.807, 2.05) is 0 Å². The second-order valence-electron chi connectivity index (χ2n) is 10.6. The lowest BCUT2D eigenvalue weighted by Crippen LogP contribution is -2.17. The van der Waals surface area contributed by atoms with Crippen LogP contribution in [0.2, 0.25) is 5.02 Å². The number of carbonyl (C=O) groups is 1. The van der Waals surface area contributed by atoms with E-state index in [-0.39, 0.29) is 58.7 Å². The van der Waals surface area contributed by atoms with E-state index in [1.165, 1.54) is 37.6 Å². The minimum absolute atomic E-state index is 0.00448. The lowest BCUT2D eigenvalue weighted by molar-refractivity contribution is 0.0594. The molecule has 0 aliphatic heterocycles. The summed E-state index contributed by atoms with van der Waals surface area (Å²) >= 11 is 5.78. The number of imidazole rings is 1. The van der Waals surface area contributed by atoms with Crippen molar-refractivity contribution in [3.63, 3.8) is 0 Å². The number of aromatic nitrogens is 5. The van der Waals surface area contributed by atoms with Crippen molar-refractivity contribution in [2.45, 2.75) is 32.4 Å². The third-order valence-electron chi connectivity index (χ3n) is 7.57. The summed E-state index contributed by atoms with van der Waals surface area (Å²) in [5.74, 6) is -2.35. The number of alkyl halides is 1. The van der Waals surface area contributed by atoms with Gasteiger partial charge in [0.05, 0.1) is 19.5 Å². The number of hydrogen-bond donors (Lipinski definition) is 0. The highest BCUT2D eigenvalue weighted by atomic mass is 35.5. The van der Waals surface area contributed by atoms with E-state index >= 15 is 8.78 Å². The average molecular weight is 626 g/mol. The molecule has 0 amide bonds. The van der Waals surface area contributed by atoms with Gasteiger partial charge in [-0.25, -0.2) is 32.9 Å². The van der Waals surface area contributed by atoms with Crippen LogP contribution < -0.4 is 4.74 Å². The first-order valence-corrected chi connectivity index (χ1v) is 13.9. The Morgan fingerprint density at radius 3 is 2.50 bits per heavy atom. The van der Waals surface area contributed by atoms with Crippen molar-refractivity contribution in [3.05, 3.63) is 99.8 Å². The molecule has 1 saturated carbocycles. The molecule has 0 atom stereocenters. The Labute approximate surface area is 253 Å². The number of fused-ring (bicyclic) bond motifs is 1. The summed E-state index contributed by atoms with van der Waals surface area (Å²) in [4.78, 5) is 29.2. The van der Waals surface area contributed by atoms with Gasteiger partial charge in [0.15, 0.2) is 11.3 Å². The van der Waals surface area contributed by atoms with Gasteiger partial charge in [-0.3, -0.25) is 4.39 Å². The predicted octanol–water partition coefficient (Wildman–Crippen LogP) is 6.67. The molecule has 5 aromatic rings. The minimum Gasteiger partial charge on any atom is -0.464 e. The third-order valence-corrected chi connectivity index (χ3v) is 7.80. The Bertz CT molecular complexity index is 1900. The molecule has 1 fully saturated rings. The average Bonchev–Trinajstić information content (AvgIpc) is 3.73. The second kappa shape index (κ2) is 11.8. The maximum atomic E-state index is 15.5. The summed E-state index contributed by atoms with van der Waals surface area (Å²) in [6.07, 6.45) is 2.52. The fourth-order valence-electron chi connectivity index (χ4n) is 4.85. The zero-order chi connectivity index (χ0) is 31.0. The Hall–Kier alpha value is -4.58. The Morgan fingerprint density at radius 2 is 1.77 bits per heavy atom. The quantitative estimate of drug-likeness (QED) is 0.127. The number of pyridine rings is 1. The van der Waals surface area contributed by atoms with Gasteiger partial charge in [-0.1, -0.05) is 17.7 Å². The summed E-state index contributed by atoms with van der Waals surface area (Å²) in [6.45, 7) is -0.540. The van der Waals surface area contributed by atoms with Gasteiger partial charge >= 0.3 is 12.0 Å². The van der Waals surface area contributed by atoms with Gasteiger partial charge in [-0.05, 0) is 60.9 Å². The fourth-order valence-corrected chi connectivity index (χ4v) is 5.00. The number of ether oxygens (including phenoxy) is 2. The van der Waals surface area contributed by atoms with Gasteiger partial charge in [0.1, 0.15) is 35.4 Å². The largest absolute Gasteiger partial charge is 0.464 e. The molecule has 0 unspecified atom stereocenters. The molecule has 0 bridgehead atoms. The van der Waals surface area contributed by atoms with E-state index in [0.29, 0.717) is 29.8 Å². The molecule has 1 aliphatic rings. The standard InChI is InChI=1S/C31H24ClF4N5O3/c1-43-29(42)26-5-4-25-28(39-26)41(16-31(15-33)7-8-31)27(38-25)11-18-10-23(36)20(13-22(18)35)24-6-9-37-30(40-24)44-14-17-2-3-19(32)12-21(17)34/h2-6,9-10,12-13H,7-8,11,14-16H2,1H3. The molecule has 0 saturated heterocycles. The van der Waals surface area contributed by atoms with Crippen LogP contribution in [0, 0.1) is 22.9 Å². The SMILES string of the molecule is COC(=O)c1ccc2nc(Cc3cc(F)c(-c4ccnc(OCc5ccc(Cl)cc5F)n4)cc3F)n(CC3(CF)CC3)c2n1. The number of rotatable bonds is 10. The van der Waals surface area contributed by atoms with Gasteiger partial charge in [0.2, 0.25) is 0 Å². The first-order valence-electron chi connectivity index (χ1n) is 13.6. The lowest BCUT2D eigenvalue weighted by Gasteiger charge is -2.15. The van der Waals surface area contributed by atoms with Crippen LogP contribution in [-0.4, -0.2) is 44.3 Å². The van der Waals surface area contributed by atoms with Crippen molar-refractivity contribution in [2.75, 3.05) is 13.8 Å². The molecule has 0 spiro atoms. The molecule has 226 valence electrons. The van der Waals surface area contributed by atoms with E-state index in [9.17, 15) is 13.6 Å². The van der Waals surface area contributed by atoms with Gasteiger partial charge < -0.3 is 14.0 Å². The molecule has 3 heterocycles. The Kier molecular flexibility index (Phi) is 7.93. The van der Waals surface area contributed by atoms with Gasteiger partial charge in [-0.2, -0.15) is 4.98 Å². The van der Waals surface area contributed by atoms with Crippen molar-refractivity contribution in [1.29, 1.82) is 0 Å². The van der Waals surface area contributed by atoms with Crippen LogP contribution in [0.5, 0.6) is 6.01 Å². The molecule has 3 aromatic heterocycles. The summed E-state index contributed by atoms with van der Waals surface area (Å²) in [5, 5.41) is 0.235. The molecule has 0 N–H and O–H groups in total. The van der Waals surface area contributed by atoms with Crippen LogP contribution >= 0.6 is 11.6 Å². The number of halogens is 5. The third kappa shape index (κ3) is 5.94. The van der Waals surface area contributed by atoms with E-state index in [4.69, 9.17) is 21.1 Å². The smallest absolute Gasteiger partial charge is 0.356 e. The summed E-state index contributed by atoms with van der Waals surface area (Å²) in [7, 11) is 1.23. The number of nitrogens with zero attached hydrogens (tertiary/aromatic N) is 5. The number of hydrogen-bond acceptors (Lipinski definition) is 7. The van der Waals surface area contributed by atoms with E-state index in [2.05, 4.69) is 19.9 Å². The van der Waals surface area contributed by atoms with Crippen LogP contribution in [0.4, 0.5) is 17.6 Å². The summed E-state index contributed by atoms with van der Waals surface area (Å²) in [6, 6.07) is 10.5. The molecule has 0 radical (unpaired) electrons. The number of esters is 1. The van der Waals surface area contributed by atoms with Gasteiger partial charge in [-0.15, -0.1) is 0 Å². The molecular formula is C31H24ClF4N5O3. The zero-order valence-electron chi connectivity index (χ0n) is 23.3. The van der Waals surface area contributed by atoms with Crippen LogP contribution in [0.3, 0.4) is 0 Å². The number of carbonyl (C=O) groups excluding carboxylic acids is 1. The van der Waals surface area contributed by atoms with Crippen LogP contribution in [0.25, 0.3) is 22.4 Å². The highest BCUT2D eigenvalue weighted by molar-refractivity contribution is 6.30. The molecule has 44 heavy (non-hydrogen) atoms. The topological polar surface area (TPSA) is 92.0 Å². The minimum atomic E-state index is -0.758. The number of benzene rings is 2. The molecule has 6 rings (SSSR count). The van der Waals surface area contributed by atoms with Crippen LogP contribution in [0.1, 0.15) is 40.3 Å². The maximum absolute atomic E-state index is 15.5. The van der Waals surface area contributed by atoms with Crippen molar-refractivity contribution >= 4 is 28.7 Å². The number of methoxy groups -OCH3 is 1. The molecule has 2 aromatic carbocycles. The highest BCUT2D eigenvalue weighted by Crippen LogP contribution is 2.48. The molecular weight excluding hydrogens is 602 g/mol. The maximum Gasteiger partial charge on any atom is 0.356 e. The van der Waals surface area contributed by atoms with Crippen molar-refractivity contribution in [2.24, 2.45) is 5.41 Å². The first-order chi connectivity index (χ1) is 21.2. The van der Waals surface area contributed by atoms with Gasteiger partial charge in [0, 0.05) is 40.7 Å². The fraction of sp³-hybridized carbons (Fsp3) is 0.258. The normalized spacial score (nSPS) is 13.7.